The van der Waals surface area contributed by atoms with E-state index < -0.39 is 12.1 Å². The van der Waals surface area contributed by atoms with Crippen molar-refractivity contribution in [3.05, 3.63) is 23.8 Å². The molecule has 0 amide bonds. The number of phenolic OH excluding ortho intramolecular Hbond substituents is 1. The molecule has 0 saturated carbocycles. The molecule has 0 atom stereocenters. The molecule has 1 aromatic carbocycles. The van der Waals surface area contributed by atoms with Crippen molar-refractivity contribution < 1.29 is 27.8 Å². The number of hydrogen-bond acceptors (Lipinski definition) is 3. The molecule has 0 aromatic heterocycles. The summed E-state index contributed by atoms with van der Waals surface area (Å²) in [5, 5.41) is 9.17. The normalized spacial score (nSPS) is 11.1. The fraction of sp³-hybridized carbons (Fsp3) is 0.222. The number of ether oxygens (including phenoxy) is 1. The molecular formula is C9H7F3O3. The molecule has 0 heterocycles. The van der Waals surface area contributed by atoms with Gasteiger partial charge in [0.2, 0.25) is 0 Å². The van der Waals surface area contributed by atoms with E-state index in [1.807, 2.05) is 0 Å². The summed E-state index contributed by atoms with van der Waals surface area (Å²) in [5.74, 6) is -0.700. The van der Waals surface area contributed by atoms with Crippen LogP contribution in [0.2, 0.25) is 0 Å². The summed E-state index contributed by atoms with van der Waals surface area (Å²) in [5.41, 5.74) is 0.0896. The topological polar surface area (TPSA) is 46.5 Å². The number of aldehydes is 1. The van der Waals surface area contributed by atoms with Crippen molar-refractivity contribution >= 4 is 6.29 Å². The Kier molecular flexibility index (Phi) is 3.18. The van der Waals surface area contributed by atoms with E-state index in [9.17, 15) is 18.0 Å². The second kappa shape index (κ2) is 4.20. The molecule has 0 unspecified atom stereocenters. The zero-order valence-corrected chi connectivity index (χ0v) is 7.41. The molecule has 15 heavy (non-hydrogen) atoms. The number of carbonyl (C=O) groups excluding carboxylic acids is 1. The third kappa shape index (κ3) is 3.49. The molecule has 1 N–H and O–H groups in total. The molecule has 82 valence electrons. The minimum atomic E-state index is -4.78. The van der Waals surface area contributed by atoms with Crippen molar-refractivity contribution in [2.24, 2.45) is 0 Å². The van der Waals surface area contributed by atoms with Crippen molar-refractivity contribution in [1.29, 1.82) is 0 Å². The molecule has 0 aliphatic rings. The first-order valence-corrected chi connectivity index (χ1v) is 3.93. The van der Waals surface area contributed by atoms with Crippen LogP contribution in [-0.4, -0.2) is 17.8 Å². The average Bonchev–Trinajstić information content (AvgIpc) is 2.09. The van der Waals surface area contributed by atoms with E-state index in [2.05, 4.69) is 4.74 Å². The number of phenols is 1. The fourth-order valence-electron chi connectivity index (χ4n) is 1.01. The molecule has 0 fully saturated rings. The summed E-state index contributed by atoms with van der Waals surface area (Å²) in [7, 11) is 0. The van der Waals surface area contributed by atoms with E-state index >= 15 is 0 Å². The third-order valence-corrected chi connectivity index (χ3v) is 1.59. The van der Waals surface area contributed by atoms with Crippen LogP contribution in [0.4, 0.5) is 13.2 Å². The first-order chi connectivity index (χ1) is 6.92. The standard InChI is InChI=1S/C9H7F3O3/c10-9(11,12)15-7-1-2-8(14)6(5-7)3-4-13/h1-2,4-5,14H,3H2. The van der Waals surface area contributed by atoms with Gasteiger partial charge in [-0.2, -0.15) is 0 Å². The lowest BCUT2D eigenvalue weighted by Crippen LogP contribution is -2.17. The van der Waals surface area contributed by atoms with E-state index in [1.165, 1.54) is 0 Å². The van der Waals surface area contributed by atoms with Gasteiger partial charge >= 0.3 is 6.36 Å². The summed E-state index contributed by atoms with van der Waals surface area (Å²) in [6.07, 6.45) is -4.47. The Morgan fingerprint density at radius 1 is 1.40 bits per heavy atom. The van der Waals surface area contributed by atoms with E-state index in [0.717, 1.165) is 18.2 Å². The van der Waals surface area contributed by atoms with Crippen LogP contribution in [0.3, 0.4) is 0 Å². The number of halogens is 3. The maximum atomic E-state index is 11.8. The number of carbonyl (C=O) groups is 1. The van der Waals surface area contributed by atoms with Gasteiger partial charge in [-0.25, -0.2) is 0 Å². The van der Waals surface area contributed by atoms with Crippen molar-refractivity contribution in [1.82, 2.24) is 0 Å². The van der Waals surface area contributed by atoms with Crippen molar-refractivity contribution in [3.63, 3.8) is 0 Å². The van der Waals surface area contributed by atoms with Crippen LogP contribution in [-0.2, 0) is 11.2 Å². The van der Waals surface area contributed by atoms with Crippen LogP contribution in [0.5, 0.6) is 11.5 Å². The van der Waals surface area contributed by atoms with Gasteiger partial charge in [0.1, 0.15) is 17.8 Å². The fourth-order valence-corrected chi connectivity index (χ4v) is 1.01. The monoisotopic (exact) mass is 220 g/mol. The molecule has 3 nitrogen and oxygen atoms in total. The Morgan fingerprint density at radius 3 is 2.60 bits per heavy atom. The van der Waals surface area contributed by atoms with Crippen LogP contribution in [0.1, 0.15) is 5.56 Å². The average molecular weight is 220 g/mol. The number of aromatic hydroxyl groups is 1. The zero-order valence-electron chi connectivity index (χ0n) is 7.41. The Hall–Kier alpha value is -1.72. The van der Waals surface area contributed by atoms with Gasteiger partial charge in [0, 0.05) is 12.0 Å². The number of rotatable bonds is 3. The molecule has 0 radical (unpaired) electrons. The summed E-state index contributed by atoms with van der Waals surface area (Å²) in [4.78, 5) is 10.1. The van der Waals surface area contributed by atoms with Gasteiger partial charge in [-0.3, -0.25) is 0 Å². The highest BCUT2D eigenvalue weighted by molar-refractivity contribution is 5.58. The van der Waals surface area contributed by atoms with Gasteiger partial charge in [-0.15, -0.1) is 13.2 Å². The van der Waals surface area contributed by atoms with Gasteiger partial charge in [0.25, 0.3) is 0 Å². The Balaban J connectivity index is 2.92. The van der Waals surface area contributed by atoms with Crippen molar-refractivity contribution in [2.75, 3.05) is 0 Å². The van der Waals surface area contributed by atoms with Crippen LogP contribution in [0.15, 0.2) is 18.2 Å². The summed E-state index contributed by atoms with van der Waals surface area (Å²) < 4.78 is 39.0. The van der Waals surface area contributed by atoms with Gasteiger partial charge in [0.05, 0.1) is 0 Å². The van der Waals surface area contributed by atoms with Crippen LogP contribution >= 0.6 is 0 Å². The zero-order chi connectivity index (χ0) is 11.5. The highest BCUT2D eigenvalue weighted by Gasteiger charge is 2.31. The van der Waals surface area contributed by atoms with E-state index in [4.69, 9.17) is 5.11 Å². The predicted octanol–water partition coefficient (Wildman–Crippen LogP) is 2.03. The van der Waals surface area contributed by atoms with Crippen molar-refractivity contribution in [3.8, 4) is 11.5 Å². The largest absolute Gasteiger partial charge is 0.573 e. The van der Waals surface area contributed by atoms with Crippen LogP contribution < -0.4 is 4.74 Å². The minimum Gasteiger partial charge on any atom is -0.508 e. The minimum absolute atomic E-state index is 0.0896. The molecule has 0 saturated heterocycles. The van der Waals surface area contributed by atoms with Gasteiger partial charge in [-0.1, -0.05) is 0 Å². The Labute approximate surface area is 83.1 Å². The lowest BCUT2D eigenvalue weighted by Gasteiger charge is -2.10. The highest BCUT2D eigenvalue weighted by Crippen LogP contribution is 2.27. The lowest BCUT2D eigenvalue weighted by molar-refractivity contribution is -0.274. The second-order valence-corrected chi connectivity index (χ2v) is 2.71. The molecule has 1 aromatic rings. The Morgan fingerprint density at radius 2 is 2.07 bits per heavy atom. The van der Waals surface area contributed by atoms with E-state index in [1.54, 1.807) is 0 Å². The summed E-state index contributed by atoms with van der Waals surface area (Å²) in [6.45, 7) is 0. The van der Waals surface area contributed by atoms with Crippen molar-refractivity contribution in [2.45, 2.75) is 12.8 Å². The SMILES string of the molecule is O=CCc1cc(OC(F)(F)F)ccc1O. The van der Waals surface area contributed by atoms with Crippen LogP contribution in [0, 0.1) is 0 Å². The first kappa shape index (κ1) is 11.4. The van der Waals surface area contributed by atoms with E-state index in [-0.39, 0.29) is 17.7 Å². The highest BCUT2D eigenvalue weighted by atomic mass is 19.4. The second-order valence-electron chi connectivity index (χ2n) is 2.71. The molecule has 1 rings (SSSR count). The Bertz CT molecular complexity index is 360. The smallest absolute Gasteiger partial charge is 0.508 e. The van der Waals surface area contributed by atoms with E-state index in [0.29, 0.717) is 6.29 Å². The third-order valence-electron chi connectivity index (χ3n) is 1.59. The quantitative estimate of drug-likeness (QED) is 0.793. The summed E-state index contributed by atoms with van der Waals surface area (Å²) in [6, 6.07) is 2.98. The van der Waals surface area contributed by atoms with Gasteiger partial charge < -0.3 is 14.6 Å². The first-order valence-electron chi connectivity index (χ1n) is 3.93. The molecular weight excluding hydrogens is 213 g/mol. The van der Waals surface area contributed by atoms with Gasteiger partial charge in [0.15, 0.2) is 0 Å². The molecule has 0 aliphatic carbocycles. The molecule has 0 bridgehead atoms. The molecule has 0 spiro atoms. The predicted molar refractivity (Wildman–Crippen MR) is 44.6 cm³/mol. The van der Waals surface area contributed by atoms with Gasteiger partial charge in [-0.05, 0) is 18.2 Å². The maximum absolute atomic E-state index is 11.8. The molecule has 6 heteroatoms. The van der Waals surface area contributed by atoms with Crippen LogP contribution in [0.25, 0.3) is 0 Å². The number of benzene rings is 1. The summed E-state index contributed by atoms with van der Waals surface area (Å²) >= 11 is 0. The number of hydrogen-bond donors (Lipinski definition) is 1. The molecule has 0 aliphatic heterocycles. The number of alkyl halides is 3. The lowest BCUT2D eigenvalue weighted by atomic mass is 10.1. The maximum Gasteiger partial charge on any atom is 0.573 e.